The highest BCUT2D eigenvalue weighted by atomic mass is 16.2. The average Bonchev–Trinajstić information content (AvgIpc) is 2.55. The van der Waals surface area contributed by atoms with Crippen molar-refractivity contribution in [3.8, 4) is 0 Å². The first-order valence-electron chi connectivity index (χ1n) is 8.88. The molecule has 1 aliphatic heterocycles. The molecule has 2 N–H and O–H groups in total. The van der Waals surface area contributed by atoms with Crippen LogP contribution in [0, 0.1) is 12.8 Å². The predicted molar refractivity (Wildman–Crippen MR) is 97.0 cm³/mol. The Bertz CT molecular complexity index is 521. The van der Waals surface area contributed by atoms with Gasteiger partial charge in [0.25, 0.3) is 0 Å². The largest absolute Gasteiger partial charge is 0.336 e. The molecule has 4 nitrogen and oxygen atoms in total. The van der Waals surface area contributed by atoms with Crippen LogP contribution in [0.3, 0.4) is 0 Å². The third-order valence-corrected chi connectivity index (χ3v) is 4.98. The second kappa shape index (κ2) is 8.34. The molecule has 0 radical (unpaired) electrons. The summed E-state index contributed by atoms with van der Waals surface area (Å²) in [5.41, 5.74) is 3.24. The predicted octanol–water partition coefficient (Wildman–Crippen LogP) is 3.80. The van der Waals surface area contributed by atoms with Crippen molar-refractivity contribution in [2.75, 3.05) is 25.0 Å². The molecule has 1 aliphatic rings. The van der Waals surface area contributed by atoms with Crippen LogP contribution in [-0.2, 0) is 6.42 Å². The quantitative estimate of drug-likeness (QED) is 0.867. The van der Waals surface area contributed by atoms with E-state index in [-0.39, 0.29) is 6.03 Å². The molecule has 1 heterocycles. The van der Waals surface area contributed by atoms with Gasteiger partial charge >= 0.3 is 6.03 Å². The van der Waals surface area contributed by atoms with E-state index in [4.69, 9.17) is 0 Å². The van der Waals surface area contributed by atoms with Crippen LogP contribution in [0.2, 0.25) is 0 Å². The van der Waals surface area contributed by atoms with Crippen molar-refractivity contribution >= 4 is 11.7 Å². The summed E-state index contributed by atoms with van der Waals surface area (Å²) < 4.78 is 0. The van der Waals surface area contributed by atoms with Gasteiger partial charge in [-0.05, 0) is 63.2 Å². The number of carbonyl (C=O) groups excluding carboxylic acids is 1. The molecule has 23 heavy (non-hydrogen) atoms. The van der Waals surface area contributed by atoms with E-state index in [2.05, 4.69) is 42.4 Å². The number of benzene rings is 1. The lowest BCUT2D eigenvalue weighted by Gasteiger charge is -2.35. The maximum absolute atomic E-state index is 12.2. The van der Waals surface area contributed by atoms with Crippen LogP contribution in [0.25, 0.3) is 0 Å². The monoisotopic (exact) mass is 317 g/mol. The summed E-state index contributed by atoms with van der Waals surface area (Å²) in [6, 6.07) is 6.42. The first-order valence-corrected chi connectivity index (χ1v) is 8.88. The lowest BCUT2D eigenvalue weighted by molar-refractivity contribution is 0.146. The number of nitrogens with zero attached hydrogens (tertiary/aromatic N) is 1. The Morgan fingerprint density at radius 2 is 2.04 bits per heavy atom. The summed E-state index contributed by atoms with van der Waals surface area (Å²) in [5, 5.41) is 6.05. The van der Waals surface area contributed by atoms with Crippen LogP contribution in [-0.4, -0.2) is 36.6 Å². The van der Waals surface area contributed by atoms with E-state index in [0.717, 1.165) is 36.7 Å². The Balaban J connectivity index is 1.83. The zero-order valence-corrected chi connectivity index (χ0v) is 15.0. The molecule has 1 saturated heterocycles. The van der Waals surface area contributed by atoms with Crippen molar-refractivity contribution in [2.45, 2.75) is 53.0 Å². The number of piperidine rings is 1. The molecule has 0 saturated carbocycles. The third kappa shape index (κ3) is 4.96. The summed E-state index contributed by atoms with van der Waals surface area (Å²) in [7, 11) is 0. The molecule has 0 aliphatic carbocycles. The van der Waals surface area contributed by atoms with E-state index in [0.29, 0.717) is 12.6 Å². The van der Waals surface area contributed by atoms with Gasteiger partial charge < -0.3 is 10.6 Å². The first kappa shape index (κ1) is 17.8. The van der Waals surface area contributed by atoms with Gasteiger partial charge in [-0.25, -0.2) is 4.79 Å². The number of nitrogens with one attached hydrogen (secondary N) is 2. The minimum Gasteiger partial charge on any atom is -0.336 e. The van der Waals surface area contributed by atoms with Gasteiger partial charge in [0.05, 0.1) is 0 Å². The van der Waals surface area contributed by atoms with Crippen LogP contribution < -0.4 is 10.6 Å². The van der Waals surface area contributed by atoms with Gasteiger partial charge in [-0.2, -0.15) is 0 Å². The van der Waals surface area contributed by atoms with Gasteiger partial charge in [0.1, 0.15) is 0 Å². The summed E-state index contributed by atoms with van der Waals surface area (Å²) in [6.07, 6.45) is 3.44. The van der Waals surface area contributed by atoms with Gasteiger partial charge in [0.15, 0.2) is 0 Å². The van der Waals surface area contributed by atoms with Gasteiger partial charge in [-0.1, -0.05) is 32.0 Å². The lowest BCUT2D eigenvalue weighted by atomic mass is 9.98. The van der Waals surface area contributed by atoms with Crippen molar-refractivity contribution in [3.05, 3.63) is 29.3 Å². The van der Waals surface area contributed by atoms with Gasteiger partial charge in [0.2, 0.25) is 0 Å². The third-order valence-electron chi connectivity index (χ3n) is 4.98. The highest BCUT2D eigenvalue weighted by molar-refractivity contribution is 5.91. The van der Waals surface area contributed by atoms with Gasteiger partial charge in [-0.15, -0.1) is 0 Å². The topological polar surface area (TPSA) is 44.4 Å². The maximum atomic E-state index is 12.2. The van der Waals surface area contributed by atoms with Crippen molar-refractivity contribution in [3.63, 3.8) is 0 Å². The Kier molecular flexibility index (Phi) is 6.46. The lowest BCUT2D eigenvalue weighted by Crippen LogP contribution is -2.46. The van der Waals surface area contributed by atoms with Gasteiger partial charge in [-0.3, -0.25) is 4.90 Å². The Morgan fingerprint density at radius 1 is 1.35 bits per heavy atom. The molecule has 0 aromatic heterocycles. The van der Waals surface area contributed by atoms with Crippen LogP contribution >= 0.6 is 0 Å². The number of rotatable bonds is 5. The number of hydrogen-bond donors (Lipinski definition) is 2. The van der Waals surface area contributed by atoms with Crippen molar-refractivity contribution in [1.82, 2.24) is 10.2 Å². The Labute approximate surface area is 140 Å². The van der Waals surface area contributed by atoms with Crippen LogP contribution in [0.1, 0.15) is 44.7 Å². The molecule has 1 aromatic carbocycles. The zero-order valence-electron chi connectivity index (χ0n) is 15.0. The van der Waals surface area contributed by atoms with E-state index in [1.807, 2.05) is 19.1 Å². The summed E-state index contributed by atoms with van der Waals surface area (Å²) in [6.45, 7) is 11.6. The van der Waals surface area contributed by atoms with Crippen LogP contribution in [0.15, 0.2) is 18.2 Å². The Morgan fingerprint density at radius 3 is 2.70 bits per heavy atom. The number of aryl methyl sites for hydroxylation is 2. The van der Waals surface area contributed by atoms with Crippen molar-refractivity contribution < 1.29 is 4.79 Å². The highest BCUT2D eigenvalue weighted by Gasteiger charge is 2.20. The fourth-order valence-electron chi connectivity index (χ4n) is 3.20. The first-order chi connectivity index (χ1) is 11.0. The molecule has 128 valence electrons. The number of urea groups is 1. The minimum absolute atomic E-state index is 0.105. The summed E-state index contributed by atoms with van der Waals surface area (Å²) in [4.78, 5) is 14.7. The van der Waals surface area contributed by atoms with E-state index in [1.54, 1.807) is 0 Å². The van der Waals surface area contributed by atoms with Gasteiger partial charge in [0, 0.05) is 18.3 Å². The zero-order chi connectivity index (χ0) is 16.8. The molecule has 1 aromatic rings. The number of anilines is 1. The molecule has 2 rings (SSSR count). The molecule has 0 bridgehead atoms. The van der Waals surface area contributed by atoms with E-state index in [9.17, 15) is 4.79 Å². The van der Waals surface area contributed by atoms with Crippen molar-refractivity contribution in [2.24, 2.45) is 5.92 Å². The molecule has 0 spiro atoms. The molecule has 4 heteroatoms. The fraction of sp³-hybridized carbons (Fsp3) is 0.632. The number of carbonyl (C=O) groups is 1. The van der Waals surface area contributed by atoms with Crippen molar-refractivity contribution in [1.29, 1.82) is 0 Å². The van der Waals surface area contributed by atoms with E-state index >= 15 is 0 Å². The molecule has 2 amide bonds. The average molecular weight is 317 g/mol. The summed E-state index contributed by atoms with van der Waals surface area (Å²) >= 11 is 0. The molecule has 0 unspecified atom stereocenters. The molecule has 1 fully saturated rings. The Hall–Kier alpha value is -1.55. The highest BCUT2D eigenvalue weighted by Crippen LogP contribution is 2.21. The standard InChI is InChI=1S/C19H31N3O/c1-5-17-8-6-7-15(3)18(17)21-19(23)20-13-16(4)22-11-9-14(2)10-12-22/h6-8,14,16H,5,9-13H2,1-4H3,(H2,20,21,23)/t16-/m1/s1. The van der Waals surface area contributed by atoms with Crippen LogP contribution in [0.5, 0.6) is 0 Å². The SMILES string of the molecule is CCc1cccc(C)c1NC(=O)NC[C@@H](C)N1CCC(C)CC1. The van der Waals surface area contributed by atoms with Crippen LogP contribution in [0.4, 0.5) is 10.5 Å². The number of para-hydroxylation sites is 1. The summed E-state index contributed by atoms with van der Waals surface area (Å²) in [5.74, 6) is 0.836. The van der Waals surface area contributed by atoms with E-state index in [1.165, 1.54) is 18.4 Å². The smallest absolute Gasteiger partial charge is 0.319 e. The fourth-order valence-corrected chi connectivity index (χ4v) is 3.20. The molecule has 1 atom stereocenters. The number of hydrogen-bond acceptors (Lipinski definition) is 2. The number of likely N-dealkylation sites (tertiary alicyclic amines) is 1. The molecular formula is C19H31N3O. The minimum atomic E-state index is -0.105. The molecular weight excluding hydrogens is 286 g/mol. The van der Waals surface area contributed by atoms with E-state index < -0.39 is 0 Å². The number of amides is 2. The normalized spacial score (nSPS) is 17.7. The second-order valence-corrected chi connectivity index (χ2v) is 6.87. The maximum Gasteiger partial charge on any atom is 0.319 e. The second-order valence-electron chi connectivity index (χ2n) is 6.87.